The van der Waals surface area contributed by atoms with Gasteiger partial charge in [-0.2, -0.15) is 0 Å². The van der Waals surface area contributed by atoms with Crippen molar-refractivity contribution >= 4 is 35.1 Å². The number of hydrogen-bond donors (Lipinski definition) is 0. The fraction of sp³-hybridized carbons (Fsp3) is 0.0270. The number of hydrogen-bond acceptors (Lipinski definition) is 0. The maximum atomic E-state index is 4.25. The molecule has 5 aromatic rings. The standard InChI is InChI=1S/C37H30/c1-6-26-16-13-17-33(30(26)7-2)37-32(9-4)31(8-3)36(35-24-25(5)18-23-34(35)37)29-21-19-28(20-22-29)27-14-11-10-12-15-27/h6-24H,1-4H2,5H3. The highest BCUT2D eigenvalue weighted by molar-refractivity contribution is 6.12. The number of benzene rings is 5. The van der Waals surface area contributed by atoms with Crippen molar-refractivity contribution in [1.82, 2.24) is 0 Å². The van der Waals surface area contributed by atoms with Crippen molar-refractivity contribution in [2.75, 3.05) is 0 Å². The molecule has 0 aromatic heterocycles. The third-order valence-corrected chi connectivity index (χ3v) is 7.06. The first kappa shape index (κ1) is 24.0. The zero-order valence-corrected chi connectivity index (χ0v) is 21.3. The molecule has 0 saturated carbocycles. The third-order valence-electron chi connectivity index (χ3n) is 7.06. The lowest BCUT2D eigenvalue weighted by atomic mass is 9.81. The molecule has 0 heteroatoms. The molecule has 0 aliphatic rings. The molecule has 0 fully saturated rings. The lowest BCUT2D eigenvalue weighted by Gasteiger charge is -2.22. The van der Waals surface area contributed by atoms with E-state index in [9.17, 15) is 0 Å². The number of fused-ring (bicyclic) bond motifs is 1. The average molecular weight is 475 g/mol. The zero-order valence-electron chi connectivity index (χ0n) is 21.3. The minimum absolute atomic E-state index is 1.06. The minimum atomic E-state index is 1.06. The molecule has 0 radical (unpaired) electrons. The molecule has 0 N–H and O–H groups in total. The summed E-state index contributed by atoms with van der Waals surface area (Å²) in [5.41, 5.74) is 12.5. The van der Waals surface area contributed by atoms with Crippen molar-refractivity contribution in [2.45, 2.75) is 6.92 Å². The van der Waals surface area contributed by atoms with Crippen LogP contribution in [0.4, 0.5) is 0 Å². The van der Waals surface area contributed by atoms with Gasteiger partial charge in [0.1, 0.15) is 0 Å². The number of aryl methyl sites for hydroxylation is 1. The van der Waals surface area contributed by atoms with Crippen LogP contribution in [0.1, 0.15) is 27.8 Å². The van der Waals surface area contributed by atoms with Crippen molar-refractivity contribution in [3.05, 3.63) is 145 Å². The van der Waals surface area contributed by atoms with Gasteiger partial charge >= 0.3 is 0 Å². The van der Waals surface area contributed by atoms with Gasteiger partial charge in [-0.25, -0.2) is 0 Å². The van der Waals surface area contributed by atoms with Gasteiger partial charge < -0.3 is 0 Å². The average Bonchev–Trinajstić information content (AvgIpc) is 2.95. The molecule has 5 aromatic carbocycles. The van der Waals surface area contributed by atoms with Gasteiger partial charge in [0.05, 0.1) is 0 Å². The maximum Gasteiger partial charge on any atom is -0.00204 e. The van der Waals surface area contributed by atoms with E-state index in [-0.39, 0.29) is 0 Å². The summed E-state index contributed by atoms with van der Waals surface area (Å²) in [5.74, 6) is 0. The summed E-state index contributed by atoms with van der Waals surface area (Å²) < 4.78 is 0. The van der Waals surface area contributed by atoms with Gasteiger partial charge in [-0.15, -0.1) is 0 Å². The largest absolute Gasteiger partial charge is 0.0984 e. The third kappa shape index (κ3) is 4.17. The Morgan fingerprint density at radius 2 is 1.11 bits per heavy atom. The Bertz CT molecular complexity index is 1660. The quantitative estimate of drug-likeness (QED) is 0.220. The summed E-state index contributed by atoms with van der Waals surface area (Å²) in [6, 6.07) is 32.3. The minimum Gasteiger partial charge on any atom is -0.0984 e. The van der Waals surface area contributed by atoms with Gasteiger partial charge in [-0.3, -0.25) is 0 Å². The van der Waals surface area contributed by atoms with E-state index in [1.807, 2.05) is 30.4 Å². The fourth-order valence-electron chi connectivity index (χ4n) is 5.33. The van der Waals surface area contributed by atoms with Crippen LogP contribution in [0.2, 0.25) is 0 Å². The molecule has 0 unspecified atom stereocenters. The van der Waals surface area contributed by atoms with E-state index in [4.69, 9.17) is 0 Å². The Kier molecular flexibility index (Phi) is 6.58. The molecule has 5 rings (SSSR count). The molecular weight excluding hydrogens is 444 g/mol. The molecule has 0 amide bonds. The first-order chi connectivity index (χ1) is 18.1. The van der Waals surface area contributed by atoms with Crippen molar-refractivity contribution in [3.8, 4) is 33.4 Å². The van der Waals surface area contributed by atoms with Crippen molar-refractivity contribution < 1.29 is 0 Å². The first-order valence-corrected chi connectivity index (χ1v) is 12.5. The summed E-state index contributed by atoms with van der Waals surface area (Å²) >= 11 is 0. The zero-order chi connectivity index (χ0) is 25.9. The van der Waals surface area contributed by atoms with E-state index in [1.165, 1.54) is 33.0 Å². The molecule has 178 valence electrons. The maximum absolute atomic E-state index is 4.25. The summed E-state index contributed by atoms with van der Waals surface area (Å²) in [4.78, 5) is 0. The Balaban J connectivity index is 1.86. The second-order valence-corrected chi connectivity index (χ2v) is 9.19. The summed E-state index contributed by atoms with van der Waals surface area (Å²) in [6.45, 7) is 18.8. The van der Waals surface area contributed by atoms with Crippen LogP contribution in [0.25, 0.3) is 68.5 Å². The predicted molar refractivity (Wildman–Crippen MR) is 165 cm³/mol. The van der Waals surface area contributed by atoms with Crippen LogP contribution in [0, 0.1) is 6.92 Å². The molecule has 0 nitrogen and oxygen atoms in total. The summed E-state index contributed by atoms with van der Waals surface area (Å²) in [5, 5.41) is 2.37. The summed E-state index contributed by atoms with van der Waals surface area (Å²) in [7, 11) is 0. The van der Waals surface area contributed by atoms with Gasteiger partial charge in [0.25, 0.3) is 0 Å². The molecule has 0 spiro atoms. The van der Waals surface area contributed by atoms with E-state index in [0.717, 1.165) is 38.9 Å². The van der Waals surface area contributed by atoms with Gasteiger partial charge in [0.15, 0.2) is 0 Å². The van der Waals surface area contributed by atoms with Crippen molar-refractivity contribution in [3.63, 3.8) is 0 Å². The van der Waals surface area contributed by atoms with Gasteiger partial charge in [0.2, 0.25) is 0 Å². The Morgan fingerprint density at radius 3 is 1.76 bits per heavy atom. The van der Waals surface area contributed by atoms with E-state index in [0.29, 0.717) is 0 Å². The lowest BCUT2D eigenvalue weighted by molar-refractivity contribution is 1.49. The number of rotatable bonds is 7. The monoisotopic (exact) mass is 474 g/mol. The van der Waals surface area contributed by atoms with E-state index < -0.39 is 0 Å². The van der Waals surface area contributed by atoms with E-state index in [2.05, 4.69) is 118 Å². The Morgan fingerprint density at radius 1 is 0.486 bits per heavy atom. The van der Waals surface area contributed by atoms with Gasteiger partial charge in [-0.1, -0.05) is 147 Å². The first-order valence-electron chi connectivity index (χ1n) is 12.5. The molecule has 0 atom stereocenters. The Labute approximate surface area is 220 Å². The molecular formula is C37H30. The fourth-order valence-corrected chi connectivity index (χ4v) is 5.33. The lowest BCUT2D eigenvalue weighted by Crippen LogP contribution is -1.98. The van der Waals surface area contributed by atoms with Crippen LogP contribution in [0.15, 0.2) is 117 Å². The van der Waals surface area contributed by atoms with Gasteiger partial charge in [0, 0.05) is 0 Å². The molecule has 0 saturated heterocycles. The van der Waals surface area contributed by atoms with Crippen LogP contribution < -0.4 is 0 Å². The molecule has 37 heavy (non-hydrogen) atoms. The second kappa shape index (κ2) is 10.1. The van der Waals surface area contributed by atoms with Crippen LogP contribution in [0.5, 0.6) is 0 Å². The highest BCUT2D eigenvalue weighted by atomic mass is 14.2. The highest BCUT2D eigenvalue weighted by Gasteiger charge is 2.20. The van der Waals surface area contributed by atoms with Crippen LogP contribution in [0.3, 0.4) is 0 Å². The van der Waals surface area contributed by atoms with Crippen molar-refractivity contribution in [2.24, 2.45) is 0 Å². The normalized spacial score (nSPS) is 10.7. The van der Waals surface area contributed by atoms with Crippen molar-refractivity contribution in [1.29, 1.82) is 0 Å². The molecule has 0 aliphatic carbocycles. The van der Waals surface area contributed by atoms with E-state index >= 15 is 0 Å². The predicted octanol–water partition coefficient (Wildman–Crippen LogP) is 10.7. The van der Waals surface area contributed by atoms with Crippen LogP contribution in [-0.4, -0.2) is 0 Å². The van der Waals surface area contributed by atoms with Gasteiger partial charge in [-0.05, 0) is 73.3 Å². The molecule has 0 heterocycles. The summed E-state index contributed by atoms with van der Waals surface area (Å²) in [6.07, 6.45) is 7.73. The SMILES string of the molecule is C=Cc1cccc(-c2c(C=C)c(C=C)c(-c3ccc(-c4ccccc4)cc3)c3cc(C)ccc23)c1C=C. The molecule has 0 aliphatic heterocycles. The highest BCUT2D eigenvalue weighted by Crippen LogP contribution is 2.45. The molecule has 0 bridgehead atoms. The second-order valence-electron chi connectivity index (χ2n) is 9.19. The van der Waals surface area contributed by atoms with Crippen LogP contribution in [-0.2, 0) is 0 Å². The van der Waals surface area contributed by atoms with Crippen LogP contribution >= 0.6 is 0 Å². The van der Waals surface area contributed by atoms with E-state index in [1.54, 1.807) is 0 Å². The Hall–Kier alpha value is -4.68. The smallest absolute Gasteiger partial charge is 0.00204 e. The topological polar surface area (TPSA) is 0 Å².